The van der Waals surface area contributed by atoms with E-state index in [1.165, 1.54) is 19.5 Å². The summed E-state index contributed by atoms with van der Waals surface area (Å²) < 4.78 is 0. The minimum atomic E-state index is 0.638. The van der Waals surface area contributed by atoms with Crippen molar-refractivity contribution in [1.29, 1.82) is 0 Å². The molecule has 1 unspecified atom stereocenters. The summed E-state index contributed by atoms with van der Waals surface area (Å²) in [7, 11) is 0. The Morgan fingerprint density at radius 1 is 1.57 bits per heavy atom. The summed E-state index contributed by atoms with van der Waals surface area (Å²) in [6, 6.07) is 0. The summed E-state index contributed by atoms with van der Waals surface area (Å²) in [5.41, 5.74) is 8.12. The van der Waals surface area contributed by atoms with E-state index in [1.54, 1.807) is 0 Å². The van der Waals surface area contributed by atoms with Crippen LogP contribution in [0.15, 0.2) is 5.11 Å². The fraction of sp³-hybridized carbons (Fsp3) is 1.00. The lowest BCUT2D eigenvalue weighted by atomic mass is 9.95. The van der Waals surface area contributed by atoms with Crippen LogP contribution in [0.2, 0.25) is 0 Å². The summed E-state index contributed by atoms with van der Waals surface area (Å²) in [6.07, 6.45) is 2.33. The summed E-state index contributed by atoms with van der Waals surface area (Å²) in [5, 5.41) is 3.54. The van der Waals surface area contributed by atoms with Crippen molar-refractivity contribution in [2.75, 3.05) is 26.2 Å². The third-order valence-corrected chi connectivity index (χ3v) is 3.05. The first-order chi connectivity index (χ1) is 6.74. The molecule has 1 fully saturated rings. The van der Waals surface area contributed by atoms with Crippen LogP contribution in [-0.2, 0) is 0 Å². The van der Waals surface area contributed by atoms with Crippen molar-refractivity contribution in [3.8, 4) is 0 Å². The molecule has 14 heavy (non-hydrogen) atoms. The van der Waals surface area contributed by atoms with E-state index in [0.717, 1.165) is 24.8 Å². The second-order valence-corrected chi connectivity index (χ2v) is 4.40. The molecule has 1 heterocycles. The van der Waals surface area contributed by atoms with Crippen LogP contribution in [0.4, 0.5) is 0 Å². The molecule has 4 nitrogen and oxygen atoms in total. The molecule has 0 N–H and O–H groups in total. The number of likely N-dealkylation sites (tertiary alicyclic amines) is 1. The van der Waals surface area contributed by atoms with Gasteiger partial charge in [0.15, 0.2) is 0 Å². The molecular weight excluding hydrogens is 176 g/mol. The average molecular weight is 196 g/mol. The Hall–Kier alpha value is -0.730. The predicted molar refractivity (Wildman–Crippen MR) is 58.0 cm³/mol. The van der Waals surface area contributed by atoms with Crippen LogP contribution in [0.25, 0.3) is 10.4 Å². The van der Waals surface area contributed by atoms with Gasteiger partial charge in [-0.25, -0.2) is 0 Å². The van der Waals surface area contributed by atoms with Crippen molar-refractivity contribution in [3.63, 3.8) is 0 Å². The quantitative estimate of drug-likeness (QED) is 0.288. The van der Waals surface area contributed by atoms with Crippen LogP contribution in [0, 0.1) is 11.8 Å². The highest BCUT2D eigenvalue weighted by Gasteiger charge is 2.23. The van der Waals surface area contributed by atoms with Crippen LogP contribution >= 0.6 is 0 Å². The van der Waals surface area contributed by atoms with Crippen molar-refractivity contribution >= 4 is 0 Å². The van der Waals surface area contributed by atoms with Crippen LogP contribution in [0.1, 0.15) is 26.7 Å². The van der Waals surface area contributed by atoms with Gasteiger partial charge in [0.1, 0.15) is 0 Å². The molecule has 0 saturated carbocycles. The second kappa shape index (κ2) is 5.89. The molecule has 1 aliphatic rings. The van der Waals surface area contributed by atoms with E-state index in [9.17, 15) is 0 Å². The number of nitrogens with zero attached hydrogens (tertiary/aromatic N) is 4. The highest BCUT2D eigenvalue weighted by molar-refractivity contribution is 4.77. The van der Waals surface area contributed by atoms with Gasteiger partial charge in [-0.1, -0.05) is 19.0 Å². The lowest BCUT2D eigenvalue weighted by Crippen LogP contribution is -2.23. The van der Waals surface area contributed by atoms with Gasteiger partial charge in [0.25, 0.3) is 0 Å². The summed E-state index contributed by atoms with van der Waals surface area (Å²) >= 11 is 0. The van der Waals surface area contributed by atoms with Crippen LogP contribution in [0.5, 0.6) is 0 Å². The molecule has 0 aromatic carbocycles. The van der Waals surface area contributed by atoms with E-state index in [2.05, 4.69) is 28.8 Å². The van der Waals surface area contributed by atoms with E-state index < -0.39 is 0 Å². The molecule has 0 aromatic heterocycles. The first-order valence-electron chi connectivity index (χ1n) is 5.47. The Bertz CT molecular complexity index is 208. The minimum Gasteiger partial charge on any atom is -0.303 e. The smallest absolute Gasteiger partial charge is 0.0270 e. The van der Waals surface area contributed by atoms with Crippen molar-refractivity contribution < 1.29 is 0 Å². The van der Waals surface area contributed by atoms with Crippen molar-refractivity contribution in [2.24, 2.45) is 17.0 Å². The third-order valence-electron chi connectivity index (χ3n) is 3.05. The Morgan fingerprint density at radius 3 is 2.93 bits per heavy atom. The van der Waals surface area contributed by atoms with Gasteiger partial charge in [-0.05, 0) is 43.3 Å². The highest BCUT2D eigenvalue weighted by Crippen LogP contribution is 2.23. The lowest BCUT2D eigenvalue weighted by Gasteiger charge is -2.17. The van der Waals surface area contributed by atoms with Crippen molar-refractivity contribution in [3.05, 3.63) is 10.4 Å². The molecule has 0 spiro atoms. The maximum atomic E-state index is 8.12. The minimum absolute atomic E-state index is 0.638. The molecule has 1 atom stereocenters. The van der Waals surface area contributed by atoms with Gasteiger partial charge in [0, 0.05) is 18.0 Å². The molecular formula is C10H20N4. The molecule has 0 aliphatic carbocycles. The maximum Gasteiger partial charge on any atom is 0.0270 e. The van der Waals surface area contributed by atoms with Gasteiger partial charge in [-0.3, -0.25) is 0 Å². The molecule has 0 amide bonds. The number of rotatable bonds is 5. The molecule has 1 rings (SSSR count). The Labute approximate surface area is 85.9 Å². The molecule has 1 aliphatic heterocycles. The fourth-order valence-corrected chi connectivity index (χ4v) is 2.02. The molecule has 4 heteroatoms. The molecule has 1 saturated heterocycles. The summed E-state index contributed by atoms with van der Waals surface area (Å²) in [5.74, 6) is 1.67. The Kier molecular flexibility index (Phi) is 4.77. The first-order valence-corrected chi connectivity index (χ1v) is 5.47. The second-order valence-electron chi connectivity index (χ2n) is 4.40. The average Bonchev–Trinajstić information content (AvgIpc) is 2.61. The van der Waals surface area contributed by atoms with Crippen molar-refractivity contribution in [1.82, 2.24) is 4.90 Å². The van der Waals surface area contributed by atoms with Crippen molar-refractivity contribution in [2.45, 2.75) is 26.7 Å². The highest BCUT2D eigenvalue weighted by atomic mass is 15.2. The predicted octanol–water partition coefficient (Wildman–Crippen LogP) is 2.66. The first kappa shape index (κ1) is 11.3. The monoisotopic (exact) mass is 196 g/mol. The summed E-state index contributed by atoms with van der Waals surface area (Å²) in [6.45, 7) is 8.77. The summed E-state index contributed by atoms with van der Waals surface area (Å²) in [4.78, 5) is 5.23. The Morgan fingerprint density at radius 2 is 2.36 bits per heavy atom. The van der Waals surface area contributed by atoms with Crippen LogP contribution in [0.3, 0.4) is 0 Å². The van der Waals surface area contributed by atoms with Gasteiger partial charge >= 0.3 is 0 Å². The van der Waals surface area contributed by atoms with E-state index in [4.69, 9.17) is 5.53 Å². The van der Waals surface area contributed by atoms with E-state index in [1.807, 2.05) is 0 Å². The van der Waals surface area contributed by atoms with E-state index >= 15 is 0 Å². The zero-order chi connectivity index (χ0) is 10.4. The van der Waals surface area contributed by atoms with E-state index in [-0.39, 0.29) is 0 Å². The fourth-order valence-electron chi connectivity index (χ4n) is 2.02. The largest absolute Gasteiger partial charge is 0.303 e. The van der Waals surface area contributed by atoms with Gasteiger partial charge < -0.3 is 4.90 Å². The Balaban J connectivity index is 2.13. The maximum absolute atomic E-state index is 8.12. The number of hydrogen-bond acceptors (Lipinski definition) is 2. The normalized spacial score (nSPS) is 22.6. The SMILES string of the molecule is CC(C)C1CCN(CCCN=[N+]=[N-])C1. The van der Waals surface area contributed by atoms with E-state index in [0.29, 0.717) is 6.54 Å². The zero-order valence-electron chi connectivity index (χ0n) is 9.19. The topological polar surface area (TPSA) is 52.0 Å². The van der Waals surface area contributed by atoms with Crippen LogP contribution < -0.4 is 0 Å². The lowest BCUT2D eigenvalue weighted by molar-refractivity contribution is 0.301. The van der Waals surface area contributed by atoms with Gasteiger partial charge in [0.2, 0.25) is 0 Å². The third kappa shape index (κ3) is 3.56. The molecule has 0 radical (unpaired) electrons. The molecule has 0 bridgehead atoms. The van der Waals surface area contributed by atoms with Gasteiger partial charge in [-0.2, -0.15) is 0 Å². The molecule has 80 valence electrons. The van der Waals surface area contributed by atoms with Crippen LogP contribution in [-0.4, -0.2) is 31.1 Å². The number of hydrogen-bond donors (Lipinski definition) is 0. The molecule has 0 aromatic rings. The van der Waals surface area contributed by atoms with Gasteiger partial charge in [-0.15, -0.1) is 0 Å². The zero-order valence-corrected chi connectivity index (χ0v) is 9.19. The van der Waals surface area contributed by atoms with Gasteiger partial charge in [0.05, 0.1) is 0 Å². The number of azide groups is 1. The standard InChI is InChI=1S/C10H20N4/c1-9(2)10-4-7-14(8-10)6-3-5-12-13-11/h9-10H,3-8H2,1-2H3.